The van der Waals surface area contributed by atoms with Crippen LogP contribution in [0.25, 0.3) is 0 Å². The Morgan fingerprint density at radius 3 is 2.48 bits per heavy atom. The zero-order valence-electron chi connectivity index (χ0n) is 13.4. The lowest BCUT2D eigenvalue weighted by molar-refractivity contribution is -0.120. The van der Waals surface area contributed by atoms with Crippen molar-refractivity contribution in [3.05, 3.63) is 65.2 Å². The van der Waals surface area contributed by atoms with E-state index >= 15 is 0 Å². The maximum Gasteiger partial charge on any atom is 0.238 e. The Morgan fingerprint density at radius 1 is 1.17 bits per heavy atom. The number of halogens is 1. The van der Waals surface area contributed by atoms with Crippen LogP contribution in [0.2, 0.25) is 0 Å². The van der Waals surface area contributed by atoms with Gasteiger partial charge < -0.3 is 11.1 Å². The lowest BCUT2D eigenvalue weighted by Gasteiger charge is -2.18. The van der Waals surface area contributed by atoms with Gasteiger partial charge in [0.2, 0.25) is 5.91 Å². The molecular formula is C18H23ClN2OS. The molecule has 0 aliphatic rings. The molecule has 0 spiro atoms. The molecule has 1 amide bonds. The van der Waals surface area contributed by atoms with E-state index < -0.39 is 0 Å². The van der Waals surface area contributed by atoms with Gasteiger partial charge in [0.1, 0.15) is 5.25 Å². The first-order valence-electron chi connectivity index (χ1n) is 7.38. The van der Waals surface area contributed by atoms with Crippen LogP contribution in [0.3, 0.4) is 0 Å². The van der Waals surface area contributed by atoms with Crippen molar-refractivity contribution < 1.29 is 4.79 Å². The summed E-state index contributed by atoms with van der Waals surface area (Å²) in [5, 5.41) is 2.63. The topological polar surface area (TPSA) is 55.1 Å². The van der Waals surface area contributed by atoms with Crippen molar-refractivity contribution in [2.45, 2.75) is 24.0 Å². The molecule has 5 heteroatoms. The van der Waals surface area contributed by atoms with E-state index in [1.165, 1.54) is 11.1 Å². The highest BCUT2D eigenvalue weighted by atomic mass is 35.5. The van der Waals surface area contributed by atoms with Gasteiger partial charge in [-0.2, -0.15) is 0 Å². The molecular weight excluding hydrogens is 328 g/mol. The Morgan fingerprint density at radius 2 is 1.87 bits per heavy atom. The van der Waals surface area contributed by atoms with Crippen molar-refractivity contribution in [2.24, 2.45) is 5.73 Å². The van der Waals surface area contributed by atoms with Gasteiger partial charge in [0.05, 0.1) is 0 Å². The van der Waals surface area contributed by atoms with Crippen molar-refractivity contribution in [3.8, 4) is 0 Å². The van der Waals surface area contributed by atoms with E-state index in [0.717, 1.165) is 10.5 Å². The van der Waals surface area contributed by atoms with Gasteiger partial charge in [0.25, 0.3) is 0 Å². The number of aryl methyl sites for hydroxylation is 2. The fraction of sp³-hybridized carbons (Fsp3) is 0.278. The fourth-order valence-electron chi connectivity index (χ4n) is 2.25. The third-order valence-corrected chi connectivity index (χ3v) is 4.79. The number of hydrogen-bond acceptors (Lipinski definition) is 3. The third kappa shape index (κ3) is 5.57. The SMILES string of the molecule is Cc1ccc(SC(C(=O)NCCN)c2ccccc2)c(C)c1.Cl. The Hall–Kier alpha value is -1.49. The van der Waals surface area contributed by atoms with Gasteiger partial charge >= 0.3 is 0 Å². The van der Waals surface area contributed by atoms with Crippen molar-refractivity contribution >= 4 is 30.1 Å². The van der Waals surface area contributed by atoms with Crippen LogP contribution in [0.5, 0.6) is 0 Å². The first-order chi connectivity index (χ1) is 10.6. The first kappa shape index (κ1) is 19.6. The Kier molecular flexibility index (Phi) is 8.17. The van der Waals surface area contributed by atoms with Crippen LogP contribution in [0.1, 0.15) is 21.9 Å². The number of amides is 1. The standard InChI is InChI=1S/C18H22N2OS.ClH/c1-13-8-9-16(14(2)12-13)22-17(18(21)20-11-10-19)15-6-4-3-5-7-15;/h3-9,12,17H,10-11,19H2,1-2H3,(H,20,21);1H. The maximum absolute atomic E-state index is 12.5. The average Bonchev–Trinajstić information content (AvgIpc) is 2.52. The van der Waals surface area contributed by atoms with E-state index in [1.807, 2.05) is 30.3 Å². The number of hydrogen-bond donors (Lipinski definition) is 2. The highest BCUT2D eigenvalue weighted by Gasteiger charge is 2.22. The van der Waals surface area contributed by atoms with E-state index in [0.29, 0.717) is 13.1 Å². The maximum atomic E-state index is 12.5. The zero-order valence-corrected chi connectivity index (χ0v) is 15.0. The van der Waals surface area contributed by atoms with Crippen molar-refractivity contribution in [2.75, 3.05) is 13.1 Å². The summed E-state index contributed by atoms with van der Waals surface area (Å²) in [6.07, 6.45) is 0. The summed E-state index contributed by atoms with van der Waals surface area (Å²) in [6, 6.07) is 16.2. The molecule has 0 saturated heterocycles. The molecule has 0 heterocycles. The second kappa shape index (κ2) is 9.60. The number of carbonyl (C=O) groups excluding carboxylic acids is 1. The Bertz CT molecular complexity index is 634. The van der Waals surface area contributed by atoms with Crippen LogP contribution in [-0.2, 0) is 4.79 Å². The molecule has 0 radical (unpaired) electrons. The number of benzene rings is 2. The van der Waals surface area contributed by atoms with E-state index in [4.69, 9.17) is 5.73 Å². The molecule has 1 atom stereocenters. The van der Waals surface area contributed by atoms with Crippen LogP contribution in [0.15, 0.2) is 53.4 Å². The average molecular weight is 351 g/mol. The van der Waals surface area contributed by atoms with Gasteiger partial charge in [-0.15, -0.1) is 24.2 Å². The molecule has 3 nitrogen and oxygen atoms in total. The number of thioether (sulfide) groups is 1. The summed E-state index contributed by atoms with van der Waals surface area (Å²) >= 11 is 1.58. The quantitative estimate of drug-likeness (QED) is 0.782. The van der Waals surface area contributed by atoms with Crippen LogP contribution in [0, 0.1) is 13.8 Å². The van der Waals surface area contributed by atoms with Crippen LogP contribution in [0.4, 0.5) is 0 Å². The minimum absolute atomic E-state index is 0. The highest BCUT2D eigenvalue weighted by molar-refractivity contribution is 8.00. The number of carbonyl (C=O) groups is 1. The second-order valence-electron chi connectivity index (χ2n) is 5.26. The summed E-state index contributed by atoms with van der Waals surface area (Å²) in [5.41, 5.74) is 8.91. The highest BCUT2D eigenvalue weighted by Crippen LogP contribution is 2.37. The first-order valence-corrected chi connectivity index (χ1v) is 8.26. The largest absolute Gasteiger partial charge is 0.354 e. The summed E-state index contributed by atoms with van der Waals surface area (Å²) in [4.78, 5) is 13.6. The number of nitrogens with two attached hydrogens (primary N) is 1. The van der Waals surface area contributed by atoms with Crippen LogP contribution >= 0.6 is 24.2 Å². The predicted molar refractivity (Wildman–Crippen MR) is 100 cm³/mol. The van der Waals surface area contributed by atoms with Crippen LogP contribution in [-0.4, -0.2) is 19.0 Å². The molecule has 0 aliphatic carbocycles. The summed E-state index contributed by atoms with van der Waals surface area (Å²) in [7, 11) is 0. The molecule has 0 bridgehead atoms. The molecule has 0 aliphatic heterocycles. The minimum atomic E-state index is -0.269. The zero-order chi connectivity index (χ0) is 15.9. The molecule has 0 fully saturated rings. The number of nitrogens with one attached hydrogen (secondary N) is 1. The molecule has 2 aromatic carbocycles. The Labute approximate surface area is 148 Å². The lowest BCUT2D eigenvalue weighted by atomic mass is 10.1. The van der Waals surface area contributed by atoms with Gasteiger partial charge in [-0.25, -0.2) is 0 Å². The van der Waals surface area contributed by atoms with Crippen molar-refractivity contribution in [1.29, 1.82) is 0 Å². The molecule has 23 heavy (non-hydrogen) atoms. The number of rotatable bonds is 6. The normalized spacial score (nSPS) is 11.4. The molecule has 2 aromatic rings. The van der Waals surface area contributed by atoms with Gasteiger partial charge in [0.15, 0.2) is 0 Å². The monoisotopic (exact) mass is 350 g/mol. The minimum Gasteiger partial charge on any atom is -0.354 e. The molecule has 0 aromatic heterocycles. The van der Waals surface area contributed by atoms with E-state index in [2.05, 4.69) is 37.4 Å². The van der Waals surface area contributed by atoms with Gasteiger partial charge in [0, 0.05) is 18.0 Å². The molecule has 2 rings (SSSR count). The predicted octanol–water partition coefficient (Wildman–Crippen LogP) is 3.63. The van der Waals surface area contributed by atoms with Crippen molar-refractivity contribution in [3.63, 3.8) is 0 Å². The fourth-order valence-corrected chi connectivity index (χ4v) is 3.38. The molecule has 124 valence electrons. The van der Waals surface area contributed by atoms with E-state index in [9.17, 15) is 4.79 Å². The van der Waals surface area contributed by atoms with Gasteiger partial charge in [-0.1, -0.05) is 48.0 Å². The third-order valence-electron chi connectivity index (χ3n) is 3.36. The smallest absolute Gasteiger partial charge is 0.238 e. The van der Waals surface area contributed by atoms with E-state index in [1.54, 1.807) is 11.8 Å². The molecule has 1 unspecified atom stereocenters. The molecule has 3 N–H and O–H groups in total. The second-order valence-corrected chi connectivity index (χ2v) is 6.40. The summed E-state index contributed by atoms with van der Waals surface area (Å²) in [5.74, 6) is 0.00150. The lowest BCUT2D eigenvalue weighted by Crippen LogP contribution is -2.32. The Balaban J connectivity index is 0.00000264. The van der Waals surface area contributed by atoms with Crippen LogP contribution < -0.4 is 11.1 Å². The van der Waals surface area contributed by atoms with E-state index in [-0.39, 0.29) is 23.6 Å². The van der Waals surface area contributed by atoms with Crippen molar-refractivity contribution in [1.82, 2.24) is 5.32 Å². The van der Waals surface area contributed by atoms with Gasteiger partial charge in [-0.3, -0.25) is 4.79 Å². The molecule has 0 saturated carbocycles. The summed E-state index contributed by atoms with van der Waals surface area (Å²) in [6.45, 7) is 5.09. The summed E-state index contributed by atoms with van der Waals surface area (Å²) < 4.78 is 0. The van der Waals surface area contributed by atoms with Gasteiger partial charge in [-0.05, 0) is 31.0 Å².